The van der Waals surface area contributed by atoms with Crippen molar-refractivity contribution >= 4 is 24.2 Å². The lowest BCUT2D eigenvalue weighted by atomic mass is 9.99. The standard InChI is InChI=1S/C18H27N3O3.ClH/c1-12(2)16(18(23)21-10-8-14(19)9-11-21)20-17(22)13-4-6-15(24-3)7-5-13;/h4-7,12,14,16H,8-11,19H2,1-3H3,(H,20,22);1H. The van der Waals surface area contributed by atoms with Crippen molar-refractivity contribution in [1.29, 1.82) is 0 Å². The molecule has 1 atom stereocenters. The second-order valence-electron chi connectivity index (χ2n) is 6.59. The van der Waals surface area contributed by atoms with E-state index in [0.717, 1.165) is 12.8 Å². The zero-order chi connectivity index (χ0) is 17.7. The Morgan fingerprint density at radius 2 is 1.76 bits per heavy atom. The van der Waals surface area contributed by atoms with Crippen molar-refractivity contribution in [3.8, 4) is 5.75 Å². The second kappa shape index (κ2) is 9.63. The largest absolute Gasteiger partial charge is 0.497 e. The molecular weight excluding hydrogens is 342 g/mol. The summed E-state index contributed by atoms with van der Waals surface area (Å²) in [6, 6.07) is 6.47. The average molecular weight is 370 g/mol. The number of carbonyl (C=O) groups is 2. The molecule has 1 heterocycles. The summed E-state index contributed by atoms with van der Waals surface area (Å²) >= 11 is 0. The number of hydrogen-bond donors (Lipinski definition) is 2. The number of rotatable bonds is 5. The molecule has 1 aromatic rings. The Kier molecular flexibility index (Phi) is 8.19. The van der Waals surface area contributed by atoms with E-state index in [9.17, 15) is 9.59 Å². The van der Waals surface area contributed by atoms with Gasteiger partial charge in [-0.25, -0.2) is 0 Å². The van der Waals surface area contributed by atoms with Crippen LogP contribution in [0.4, 0.5) is 0 Å². The van der Waals surface area contributed by atoms with E-state index in [2.05, 4.69) is 5.32 Å². The number of hydrogen-bond acceptors (Lipinski definition) is 4. The van der Waals surface area contributed by atoms with Crippen LogP contribution in [0.5, 0.6) is 5.75 Å². The van der Waals surface area contributed by atoms with Crippen LogP contribution in [-0.4, -0.2) is 49.0 Å². The molecule has 2 amide bonds. The maximum absolute atomic E-state index is 12.8. The highest BCUT2D eigenvalue weighted by Gasteiger charge is 2.30. The number of carbonyl (C=O) groups excluding carboxylic acids is 2. The summed E-state index contributed by atoms with van der Waals surface area (Å²) < 4.78 is 5.09. The smallest absolute Gasteiger partial charge is 0.251 e. The van der Waals surface area contributed by atoms with Gasteiger partial charge in [0.05, 0.1) is 7.11 Å². The van der Waals surface area contributed by atoms with E-state index in [1.165, 1.54) is 0 Å². The van der Waals surface area contributed by atoms with Crippen LogP contribution in [0.3, 0.4) is 0 Å². The van der Waals surface area contributed by atoms with Crippen LogP contribution in [0.25, 0.3) is 0 Å². The summed E-state index contributed by atoms with van der Waals surface area (Å²) in [6.45, 7) is 5.18. The molecule has 3 N–H and O–H groups in total. The Hall–Kier alpha value is -1.79. The van der Waals surface area contributed by atoms with Gasteiger partial charge in [-0.15, -0.1) is 12.4 Å². The molecule has 0 aliphatic carbocycles. The van der Waals surface area contributed by atoms with Gasteiger partial charge in [0.15, 0.2) is 0 Å². The minimum atomic E-state index is -0.533. The summed E-state index contributed by atoms with van der Waals surface area (Å²) in [5.74, 6) is 0.417. The molecule has 6 nitrogen and oxygen atoms in total. The second-order valence-corrected chi connectivity index (χ2v) is 6.59. The summed E-state index contributed by atoms with van der Waals surface area (Å²) in [6.07, 6.45) is 1.62. The van der Waals surface area contributed by atoms with Gasteiger partial charge in [0.25, 0.3) is 5.91 Å². The molecular formula is C18H28ClN3O3. The van der Waals surface area contributed by atoms with E-state index in [1.54, 1.807) is 31.4 Å². The van der Waals surface area contributed by atoms with E-state index < -0.39 is 6.04 Å². The monoisotopic (exact) mass is 369 g/mol. The fourth-order valence-corrected chi connectivity index (χ4v) is 2.80. The Morgan fingerprint density at radius 3 is 2.24 bits per heavy atom. The van der Waals surface area contributed by atoms with Crippen LogP contribution < -0.4 is 15.8 Å². The van der Waals surface area contributed by atoms with Gasteiger partial charge in [0.2, 0.25) is 5.91 Å². The molecule has 2 rings (SSSR count). The molecule has 1 aliphatic rings. The predicted molar refractivity (Wildman–Crippen MR) is 100 cm³/mol. The third-order valence-corrected chi connectivity index (χ3v) is 4.42. The van der Waals surface area contributed by atoms with Crippen LogP contribution >= 0.6 is 12.4 Å². The van der Waals surface area contributed by atoms with Crippen LogP contribution in [-0.2, 0) is 4.79 Å². The van der Waals surface area contributed by atoms with Crippen LogP contribution in [0.1, 0.15) is 37.0 Å². The topological polar surface area (TPSA) is 84.7 Å². The molecule has 0 aromatic heterocycles. The quantitative estimate of drug-likeness (QED) is 0.829. The first-order valence-corrected chi connectivity index (χ1v) is 8.41. The molecule has 1 aliphatic heterocycles. The first-order valence-electron chi connectivity index (χ1n) is 8.41. The Balaban J connectivity index is 0.00000312. The summed E-state index contributed by atoms with van der Waals surface area (Å²) in [5.41, 5.74) is 6.40. The average Bonchev–Trinajstić information content (AvgIpc) is 2.59. The molecule has 1 fully saturated rings. The number of piperidine rings is 1. The number of likely N-dealkylation sites (tertiary alicyclic amines) is 1. The minimum absolute atomic E-state index is 0. The van der Waals surface area contributed by atoms with Crippen LogP contribution in [0, 0.1) is 5.92 Å². The van der Waals surface area contributed by atoms with Gasteiger partial charge in [0.1, 0.15) is 11.8 Å². The molecule has 1 saturated heterocycles. The normalized spacial score (nSPS) is 16.1. The lowest BCUT2D eigenvalue weighted by molar-refractivity contribution is -0.135. The lowest BCUT2D eigenvalue weighted by Crippen LogP contribution is -2.54. The van der Waals surface area contributed by atoms with E-state index in [1.807, 2.05) is 18.7 Å². The molecule has 1 unspecified atom stereocenters. The van der Waals surface area contributed by atoms with E-state index >= 15 is 0 Å². The zero-order valence-corrected chi connectivity index (χ0v) is 15.8. The summed E-state index contributed by atoms with van der Waals surface area (Å²) in [5, 5.41) is 2.88. The number of nitrogens with one attached hydrogen (secondary N) is 1. The minimum Gasteiger partial charge on any atom is -0.497 e. The third kappa shape index (κ3) is 5.61. The zero-order valence-electron chi connectivity index (χ0n) is 15.0. The predicted octanol–water partition coefficient (Wildman–Crippen LogP) is 1.82. The van der Waals surface area contributed by atoms with E-state index in [-0.39, 0.29) is 36.2 Å². The van der Waals surface area contributed by atoms with Crippen molar-refractivity contribution < 1.29 is 14.3 Å². The van der Waals surface area contributed by atoms with Gasteiger partial charge >= 0.3 is 0 Å². The van der Waals surface area contributed by atoms with Crippen molar-refractivity contribution in [2.24, 2.45) is 11.7 Å². The van der Waals surface area contributed by atoms with Crippen molar-refractivity contribution in [2.75, 3.05) is 20.2 Å². The maximum atomic E-state index is 12.8. The molecule has 0 spiro atoms. The summed E-state index contributed by atoms with van der Waals surface area (Å²) in [7, 11) is 1.58. The first kappa shape index (κ1) is 21.3. The van der Waals surface area contributed by atoms with Gasteiger partial charge in [-0.3, -0.25) is 9.59 Å². The molecule has 25 heavy (non-hydrogen) atoms. The van der Waals surface area contributed by atoms with Crippen LogP contribution in [0.2, 0.25) is 0 Å². The lowest BCUT2D eigenvalue weighted by Gasteiger charge is -2.34. The molecule has 140 valence electrons. The van der Waals surface area contributed by atoms with Crippen molar-refractivity contribution in [2.45, 2.75) is 38.8 Å². The number of ether oxygens (including phenoxy) is 1. The number of nitrogens with zero attached hydrogens (tertiary/aromatic N) is 1. The number of halogens is 1. The SMILES string of the molecule is COc1ccc(C(=O)NC(C(=O)N2CCC(N)CC2)C(C)C)cc1.Cl. The summed E-state index contributed by atoms with van der Waals surface area (Å²) in [4.78, 5) is 27.0. The van der Waals surface area contributed by atoms with Gasteiger partial charge in [-0.2, -0.15) is 0 Å². The van der Waals surface area contributed by atoms with Crippen LogP contribution in [0.15, 0.2) is 24.3 Å². The third-order valence-electron chi connectivity index (χ3n) is 4.42. The van der Waals surface area contributed by atoms with Crippen molar-refractivity contribution in [3.63, 3.8) is 0 Å². The first-order chi connectivity index (χ1) is 11.4. The molecule has 0 saturated carbocycles. The highest BCUT2D eigenvalue weighted by Crippen LogP contribution is 2.15. The van der Waals surface area contributed by atoms with E-state index in [0.29, 0.717) is 24.4 Å². The number of nitrogens with two attached hydrogens (primary N) is 1. The molecule has 0 bridgehead atoms. The number of methoxy groups -OCH3 is 1. The Morgan fingerprint density at radius 1 is 1.20 bits per heavy atom. The molecule has 1 aromatic carbocycles. The number of amides is 2. The van der Waals surface area contributed by atoms with Crippen molar-refractivity contribution in [3.05, 3.63) is 29.8 Å². The highest BCUT2D eigenvalue weighted by atomic mass is 35.5. The highest BCUT2D eigenvalue weighted by molar-refractivity contribution is 5.97. The van der Waals surface area contributed by atoms with Gasteiger partial charge in [-0.1, -0.05) is 13.8 Å². The maximum Gasteiger partial charge on any atom is 0.251 e. The Bertz CT molecular complexity index is 569. The van der Waals surface area contributed by atoms with Gasteiger partial charge in [-0.05, 0) is 43.0 Å². The van der Waals surface area contributed by atoms with E-state index in [4.69, 9.17) is 10.5 Å². The number of benzene rings is 1. The van der Waals surface area contributed by atoms with Gasteiger partial charge < -0.3 is 20.7 Å². The van der Waals surface area contributed by atoms with Crippen molar-refractivity contribution in [1.82, 2.24) is 10.2 Å². The fourth-order valence-electron chi connectivity index (χ4n) is 2.80. The Labute approximate surface area is 155 Å². The fraction of sp³-hybridized carbons (Fsp3) is 0.556. The van der Waals surface area contributed by atoms with Gasteiger partial charge in [0, 0.05) is 24.7 Å². The molecule has 0 radical (unpaired) electrons. The molecule has 7 heteroatoms.